The van der Waals surface area contributed by atoms with E-state index in [4.69, 9.17) is 4.74 Å². The van der Waals surface area contributed by atoms with Crippen molar-refractivity contribution in [3.63, 3.8) is 0 Å². The van der Waals surface area contributed by atoms with Crippen molar-refractivity contribution >= 4 is 0 Å². The Balaban J connectivity index is 1.97. The molecule has 1 fully saturated rings. The smallest absolute Gasteiger partial charge is 0.162 e. The molecule has 19 heavy (non-hydrogen) atoms. The zero-order chi connectivity index (χ0) is 13.7. The highest BCUT2D eigenvalue weighted by Gasteiger charge is 2.26. The molecule has 0 aliphatic heterocycles. The molecule has 4 nitrogen and oxygen atoms in total. The lowest BCUT2D eigenvalue weighted by Gasteiger charge is -2.19. The number of aliphatic hydroxyl groups excluding tert-OH is 1. The van der Waals surface area contributed by atoms with Crippen LogP contribution in [0.2, 0.25) is 0 Å². The summed E-state index contributed by atoms with van der Waals surface area (Å²) < 4.78 is 5.37. The van der Waals surface area contributed by atoms with Crippen molar-refractivity contribution in [2.24, 2.45) is 5.92 Å². The van der Waals surface area contributed by atoms with Crippen LogP contribution in [-0.2, 0) is 6.54 Å². The number of ether oxygens (including phenoxy) is 1. The van der Waals surface area contributed by atoms with Crippen molar-refractivity contribution in [1.29, 1.82) is 0 Å². The number of phenols is 1. The van der Waals surface area contributed by atoms with Gasteiger partial charge >= 0.3 is 0 Å². The van der Waals surface area contributed by atoms with E-state index in [9.17, 15) is 10.2 Å². The van der Waals surface area contributed by atoms with Crippen molar-refractivity contribution in [2.75, 3.05) is 13.2 Å². The number of phenolic OH excluding ortho intramolecular Hbond substituents is 1. The van der Waals surface area contributed by atoms with Gasteiger partial charge in [-0.2, -0.15) is 0 Å². The minimum Gasteiger partial charge on any atom is -0.504 e. The number of aromatic hydroxyl groups is 1. The highest BCUT2D eigenvalue weighted by molar-refractivity contribution is 5.45. The Morgan fingerprint density at radius 1 is 1.37 bits per heavy atom. The number of hydrogen-bond acceptors (Lipinski definition) is 4. The third-order valence-electron chi connectivity index (χ3n) is 3.83. The van der Waals surface area contributed by atoms with E-state index < -0.39 is 0 Å². The van der Waals surface area contributed by atoms with Crippen LogP contribution in [0.15, 0.2) is 18.2 Å². The fraction of sp³-hybridized carbons (Fsp3) is 0.600. The highest BCUT2D eigenvalue weighted by Crippen LogP contribution is 2.31. The molecule has 0 saturated heterocycles. The summed E-state index contributed by atoms with van der Waals surface area (Å²) in [6, 6.07) is 5.90. The third kappa shape index (κ3) is 3.39. The number of para-hydroxylation sites is 1. The molecule has 2 rings (SSSR count). The minimum absolute atomic E-state index is 0.218. The number of hydrogen-bond donors (Lipinski definition) is 3. The summed E-state index contributed by atoms with van der Waals surface area (Å²) in [4.78, 5) is 0. The first-order chi connectivity index (χ1) is 9.26. The van der Waals surface area contributed by atoms with Gasteiger partial charge in [0.25, 0.3) is 0 Å². The van der Waals surface area contributed by atoms with Crippen molar-refractivity contribution in [2.45, 2.75) is 38.8 Å². The molecule has 4 heteroatoms. The molecule has 1 aromatic carbocycles. The van der Waals surface area contributed by atoms with Crippen molar-refractivity contribution < 1.29 is 14.9 Å². The summed E-state index contributed by atoms with van der Waals surface area (Å²) in [6.45, 7) is 3.28. The molecular formula is C15H23NO3. The van der Waals surface area contributed by atoms with Crippen LogP contribution in [0.1, 0.15) is 31.7 Å². The van der Waals surface area contributed by atoms with Crippen molar-refractivity contribution in [3.8, 4) is 11.5 Å². The van der Waals surface area contributed by atoms with E-state index >= 15 is 0 Å². The van der Waals surface area contributed by atoms with Gasteiger partial charge in [0, 0.05) is 24.8 Å². The monoisotopic (exact) mass is 265 g/mol. The Morgan fingerprint density at radius 2 is 2.21 bits per heavy atom. The quantitative estimate of drug-likeness (QED) is 0.736. The molecule has 2 atom stereocenters. The summed E-state index contributed by atoms with van der Waals surface area (Å²) in [5.41, 5.74) is 0.842. The summed E-state index contributed by atoms with van der Waals surface area (Å²) in [5, 5.41) is 22.8. The molecule has 0 bridgehead atoms. The average Bonchev–Trinajstić information content (AvgIpc) is 2.87. The maximum Gasteiger partial charge on any atom is 0.162 e. The molecule has 1 aromatic rings. The van der Waals surface area contributed by atoms with E-state index in [0.29, 0.717) is 30.9 Å². The first-order valence-corrected chi connectivity index (χ1v) is 7.04. The van der Waals surface area contributed by atoms with Gasteiger partial charge in [-0.3, -0.25) is 0 Å². The van der Waals surface area contributed by atoms with E-state index in [-0.39, 0.29) is 12.4 Å². The summed E-state index contributed by atoms with van der Waals surface area (Å²) >= 11 is 0. The van der Waals surface area contributed by atoms with Crippen LogP contribution >= 0.6 is 0 Å². The van der Waals surface area contributed by atoms with Gasteiger partial charge in [0.15, 0.2) is 11.5 Å². The van der Waals surface area contributed by atoms with Crippen LogP contribution in [0.25, 0.3) is 0 Å². The van der Waals surface area contributed by atoms with Crippen LogP contribution in [-0.4, -0.2) is 29.5 Å². The molecule has 0 heterocycles. The molecule has 1 saturated carbocycles. The fourth-order valence-corrected chi connectivity index (χ4v) is 2.75. The third-order valence-corrected chi connectivity index (χ3v) is 3.83. The van der Waals surface area contributed by atoms with E-state index in [1.165, 1.54) is 0 Å². The number of nitrogens with one attached hydrogen (secondary N) is 1. The second-order valence-corrected chi connectivity index (χ2v) is 5.06. The summed E-state index contributed by atoms with van der Waals surface area (Å²) in [6.07, 6.45) is 3.34. The molecule has 0 radical (unpaired) electrons. The largest absolute Gasteiger partial charge is 0.504 e. The van der Waals surface area contributed by atoms with Crippen molar-refractivity contribution in [1.82, 2.24) is 5.32 Å². The molecule has 3 N–H and O–H groups in total. The Labute approximate surface area is 114 Å². The predicted molar refractivity (Wildman–Crippen MR) is 74.3 cm³/mol. The van der Waals surface area contributed by atoms with Gasteiger partial charge in [0.1, 0.15) is 0 Å². The lowest BCUT2D eigenvalue weighted by atomic mass is 10.0. The van der Waals surface area contributed by atoms with Crippen molar-refractivity contribution in [3.05, 3.63) is 23.8 Å². The molecule has 1 aliphatic carbocycles. The SMILES string of the molecule is CCOc1cccc(CNC2CCCC2CO)c1O. The van der Waals surface area contributed by atoms with Gasteiger partial charge in [0.2, 0.25) is 0 Å². The Bertz CT molecular complexity index is 408. The van der Waals surface area contributed by atoms with Gasteiger partial charge in [-0.15, -0.1) is 0 Å². The Morgan fingerprint density at radius 3 is 2.95 bits per heavy atom. The van der Waals surface area contributed by atoms with Crippen LogP contribution < -0.4 is 10.1 Å². The zero-order valence-electron chi connectivity index (χ0n) is 11.4. The van der Waals surface area contributed by atoms with E-state index in [1.54, 1.807) is 6.07 Å². The average molecular weight is 265 g/mol. The van der Waals surface area contributed by atoms with Gasteiger partial charge < -0.3 is 20.3 Å². The molecule has 0 spiro atoms. The minimum atomic E-state index is 0.218. The zero-order valence-corrected chi connectivity index (χ0v) is 11.4. The van der Waals surface area contributed by atoms with Crippen LogP contribution in [0.3, 0.4) is 0 Å². The fourth-order valence-electron chi connectivity index (χ4n) is 2.75. The topological polar surface area (TPSA) is 61.7 Å². The first-order valence-electron chi connectivity index (χ1n) is 7.04. The van der Waals surface area contributed by atoms with Crippen LogP contribution in [0, 0.1) is 5.92 Å². The molecule has 0 amide bonds. The lowest BCUT2D eigenvalue weighted by molar-refractivity contribution is 0.205. The first kappa shape index (κ1) is 14.2. The Kier molecular flexibility index (Phi) is 5.05. The molecular weight excluding hydrogens is 242 g/mol. The summed E-state index contributed by atoms with van der Waals surface area (Å²) in [5.74, 6) is 1.10. The number of benzene rings is 1. The van der Waals surface area contributed by atoms with E-state index in [0.717, 1.165) is 24.8 Å². The highest BCUT2D eigenvalue weighted by atomic mass is 16.5. The van der Waals surface area contributed by atoms with Gasteiger partial charge in [-0.05, 0) is 31.7 Å². The summed E-state index contributed by atoms with van der Waals surface area (Å²) in [7, 11) is 0. The van der Waals surface area contributed by atoms with E-state index in [2.05, 4.69) is 5.32 Å². The second kappa shape index (κ2) is 6.78. The number of aliphatic hydroxyl groups is 1. The Hall–Kier alpha value is -1.26. The lowest BCUT2D eigenvalue weighted by Crippen LogP contribution is -2.33. The van der Waals surface area contributed by atoms with Crippen LogP contribution in [0.4, 0.5) is 0 Å². The van der Waals surface area contributed by atoms with Gasteiger partial charge in [0.05, 0.1) is 6.61 Å². The number of rotatable bonds is 6. The van der Waals surface area contributed by atoms with Crippen LogP contribution in [0.5, 0.6) is 11.5 Å². The van der Waals surface area contributed by atoms with E-state index in [1.807, 2.05) is 19.1 Å². The molecule has 2 unspecified atom stereocenters. The maximum absolute atomic E-state index is 10.1. The molecule has 0 aromatic heterocycles. The van der Waals surface area contributed by atoms with Gasteiger partial charge in [-0.25, -0.2) is 0 Å². The molecule has 106 valence electrons. The predicted octanol–water partition coefficient (Wildman–Crippen LogP) is 2.04. The standard InChI is InChI=1S/C15H23NO3/c1-2-19-14-8-4-5-11(15(14)18)9-16-13-7-3-6-12(13)10-17/h4-5,8,12-13,16-18H,2-3,6-7,9-10H2,1H3. The maximum atomic E-state index is 10.1. The van der Waals surface area contributed by atoms with Gasteiger partial charge in [-0.1, -0.05) is 18.6 Å². The molecule has 1 aliphatic rings. The second-order valence-electron chi connectivity index (χ2n) is 5.06. The normalized spacial score (nSPS) is 22.6.